The number of benzene rings is 2. The Morgan fingerprint density at radius 3 is 2.18 bits per heavy atom. The molecule has 0 aliphatic heterocycles. The van der Waals surface area contributed by atoms with Crippen LogP contribution in [0.3, 0.4) is 0 Å². The molecule has 0 spiro atoms. The molecule has 184 valence electrons. The van der Waals surface area contributed by atoms with Gasteiger partial charge in [0.1, 0.15) is 11.5 Å². The molecule has 0 aliphatic rings. The fraction of sp³-hybridized carbons (Fsp3) is 0.333. The summed E-state index contributed by atoms with van der Waals surface area (Å²) in [5, 5.41) is 4.08. The third kappa shape index (κ3) is 7.63. The lowest BCUT2D eigenvalue weighted by Crippen LogP contribution is -2.19. The molecule has 0 fully saturated rings. The van der Waals surface area contributed by atoms with E-state index >= 15 is 0 Å². The van der Waals surface area contributed by atoms with Crippen molar-refractivity contribution in [3.8, 4) is 34.6 Å². The summed E-state index contributed by atoms with van der Waals surface area (Å²) in [5.41, 5.74) is 1.09. The summed E-state index contributed by atoms with van der Waals surface area (Å²) < 4.78 is 81.0. The van der Waals surface area contributed by atoms with Gasteiger partial charge in [-0.2, -0.15) is 26.6 Å². The van der Waals surface area contributed by atoms with Gasteiger partial charge in [-0.3, -0.25) is 4.18 Å². The fourth-order valence-corrected chi connectivity index (χ4v) is 3.17. The van der Waals surface area contributed by atoms with Crippen molar-refractivity contribution < 1.29 is 40.0 Å². The third-order valence-electron chi connectivity index (χ3n) is 4.24. The van der Waals surface area contributed by atoms with E-state index in [4.69, 9.17) is 14.2 Å². The first-order valence-electron chi connectivity index (χ1n) is 9.93. The first kappa shape index (κ1) is 25.3. The highest BCUT2D eigenvalue weighted by molar-refractivity contribution is 7.85. The molecule has 0 saturated heterocycles. The molecular weight excluding hydrogens is 479 g/mol. The zero-order valence-corrected chi connectivity index (χ0v) is 19.1. The number of rotatable bonds is 11. The first-order chi connectivity index (χ1) is 16.0. The van der Waals surface area contributed by atoms with E-state index in [2.05, 4.69) is 14.3 Å². The molecule has 0 bridgehead atoms. The van der Waals surface area contributed by atoms with Gasteiger partial charge in [-0.15, -0.1) is 5.10 Å². The summed E-state index contributed by atoms with van der Waals surface area (Å²) >= 11 is 0. The molecule has 0 amide bonds. The Balaban J connectivity index is 1.77. The van der Waals surface area contributed by atoms with Gasteiger partial charge in [-0.1, -0.05) is 0 Å². The van der Waals surface area contributed by atoms with Crippen LogP contribution >= 0.6 is 0 Å². The van der Waals surface area contributed by atoms with Crippen LogP contribution in [0.4, 0.5) is 13.2 Å². The number of methoxy groups -OCH3 is 1. The van der Waals surface area contributed by atoms with Gasteiger partial charge in [0.15, 0.2) is 12.4 Å². The van der Waals surface area contributed by atoms with Crippen molar-refractivity contribution in [3.63, 3.8) is 0 Å². The molecular formula is C21H22F3N3O6S. The van der Waals surface area contributed by atoms with Crippen molar-refractivity contribution in [2.45, 2.75) is 12.6 Å². The molecule has 0 saturated carbocycles. The summed E-state index contributed by atoms with van der Waals surface area (Å²) in [6.07, 6.45) is -3.20. The summed E-state index contributed by atoms with van der Waals surface area (Å²) in [6, 6.07) is 12.9. The number of hydrogen-bond acceptors (Lipinski definition) is 8. The van der Waals surface area contributed by atoms with E-state index in [-0.39, 0.29) is 19.0 Å². The smallest absolute Gasteiger partial charge is 0.422 e. The Kier molecular flexibility index (Phi) is 7.99. The minimum Gasteiger partial charge on any atom is -0.497 e. The van der Waals surface area contributed by atoms with Crippen molar-refractivity contribution in [2.75, 3.05) is 33.2 Å². The average Bonchev–Trinajstić information content (AvgIpc) is 3.21. The molecule has 1 heterocycles. The average molecular weight is 501 g/mol. The van der Waals surface area contributed by atoms with Crippen molar-refractivity contribution in [1.29, 1.82) is 0 Å². The molecule has 0 N–H and O–H groups in total. The zero-order valence-electron chi connectivity index (χ0n) is 18.3. The van der Waals surface area contributed by atoms with E-state index in [0.29, 0.717) is 29.2 Å². The molecule has 0 unspecified atom stereocenters. The minimum atomic E-state index is -4.53. The van der Waals surface area contributed by atoms with Gasteiger partial charge < -0.3 is 14.2 Å². The maximum atomic E-state index is 12.6. The normalized spacial score (nSPS) is 11.9. The van der Waals surface area contributed by atoms with Crippen LogP contribution in [0.5, 0.6) is 17.5 Å². The van der Waals surface area contributed by atoms with Crippen LogP contribution in [0.2, 0.25) is 0 Å². The lowest BCUT2D eigenvalue weighted by atomic mass is 10.2. The number of alkyl halides is 3. The predicted molar refractivity (Wildman–Crippen MR) is 116 cm³/mol. The van der Waals surface area contributed by atoms with Crippen LogP contribution in [-0.4, -0.2) is 62.5 Å². The Labute approximate surface area is 194 Å². The van der Waals surface area contributed by atoms with Crippen molar-refractivity contribution >= 4 is 10.1 Å². The molecule has 1 aromatic heterocycles. The Bertz CT molecular complexity index is 1180. The van der Waals surface area contributed by atoms with Crippen LogP contribution in [-0.2, 0) is 14.3 Å². The summed E-state index contributed by atoms with van der Waals surface area (Å²) in [4.78, 5) is 4.13. The highest BCUT2D eigenvalue weighted by Crippen LogP contribution is 2.27. The fourth-order valence-electron chi connectivity index (χ4n) is 2.75. The Morgan fingerprint density at radius 2 is 1.59 bits per heavy atom. The second-order valence-electron chi connectivity index (χ2n) is 6.98. The van der Waals surface area contributed by atoms with Crippen LogP contribution in [0.1, 0.15) is 6.42 Å². The van der Waals surface area contributed by atoms with Crippen LogP contribution < -0.4 is 14.2 Å². The third-order valence-corrected chi connectivity index (χ3v) is 4.83. The zero-order chi connectivity index (χ0) is 24.8. The molecule has 2 aromatic carbocycles. The van der Waals surface area contributed by atoms with Gasteiger partial charge in [0, 0.05) is 12.0 Å². The lowest BCUT2D eigenvalue weighted by molar-refractivity contribution is -0.154. The minimum absolute atomic E-state index is 0.00256. The monoisotopic (exact) mass is 501 g/mol. The first-order valence-corrected chi connectivity index (χ1v) is 11.7. The second-order valence-corrected chi connectivity index (χ2v) is 8.63. The maximum Gasteiger partial charge on any atom is 0.422 e. The summed E-state index contributed by atoms with van der Waals surface area (Å²) in [6.45, 7) is -1.29. The number of halogens is 3. The van der Waals surface area contributed by atoms with Crippen LogP contribution in [0.25, 0.3) is 17.1 Å². The van der Waals surface area contributed by atoms with E-state index < -0.39 is 28.9 Å². The molecule has 3 aromatic rings. The van der Waals surface area contributed by atoms with E-state index in [1.54, 1.807) is 48.5 Å². The quantitative estimate of drug-likeness (QED) is 0.290. The molecule has 0 radical (unpaired) electrons. The molecule has 0 aliphatic carbocycles. The summed E-state index contributed by atoms with van der Waals surface area (Å²) in [5.74, 6) is 1.37. The van der Waals surface area contributed by atoms with Gasteiger partial charge in [-0.05, 0) is 48.5 Å². The molecule has 0 atom stereocenters. The number of ether oxygens (including phenoxy) is 3. The van der Waals surface area contributed by atoms with Gasteiger partial charge in [0.05, 0.1) is 32.3 Å². The van der Waals surface area contributed by atoms with Crippen molar-refractivity contribution in [3.05, 3.63) is 48.5 Å². The summed E-state index contributed by atoms with van der Waals surface area (Å²) in [7, 11) is -1.98. The predicted octanol–water partition coefficient (Wildman–Crippen LogP) is 3.63. The van der Waals surface area contributed by atoms with E-state index in [1.165, 1.54) is 11.8 Å². The van der Waals surface area contributed by atoms with E-state index in [9.17, 15) is 21.6 Å². The maximum absolute atomic E-state index is 12.6. The van der Waals surface area contributed by atoms with Gasteiger partial charge in [0.25, 0.3) is 10.1 Å². The number of aromatic nitrogens is 3. The van der Waals surface area contributed by atoms with Crippen molar-refractivity contribution in [1.82, 2.24) is 14.8 Å². The van der Waals surface area contributed by atoms with Gasteiger partial charge >= 0.3 is 12.2 Å². The highest BCUT2D eigenvalue weighted by atomic mass is 32.2. The van der Waals surface area contributed by atoms with E-state index in [0.717, 1.165) is 6.26 Å². The molecule has 13 heteroatoms. The topological polar surface area (TPSA) is 102 Å². The van der Waals surface area contributed by atoms with Crippen molar-refractivity contribution in [2.24, 2.45) is 0 Å². The van der Waals surface area contributed by atoms with Gasteiger partial charge in [-0.25, -0.2) is 4.68 Å². The second kappa shape index (κ2) is 10.7. The molecule has 3 rings (SSSR count). The van der Waals surface area contributed by atoms with Crippen LogP contribution in [0.15, 0.2) is 48.5 Å². The van der Waals surface area contributed by atoms with Gasteiger partial charge in [0.2, 0.25) is 0 Å². The standard InChI is InChI=1S/C21H22F3N3O6S/c1-30-17-10-6-16(7-11-17)27-19(25-20(26-27)32-14-21(22,23)24)15-4-8-18(9-5-15)31-12-3-13-33-34(2,28)29/h4-11H,3,12-14H2,1-2H3. The van der Waals surface area contributed by atoms with Crippen LogP contribution in [0, 0.1) is 0 Å². The highest BCUT2D eigenvalue weighted by Gasteiger charge is 2.29. The largest absolute Gasteiger partial charge is 0.497 e. The number of hydrogen-bond donors (Lipinski definition) is 0. The molecule has 9 nitrogen and oxygen atoms in total. The molecule has 34 heavy (non-hydrogen) atoms. The Morgan fingerprint density at radius 1 is 0.941 bits per heavy atom. The lowest BCUT2D eigenvalue weighted by Gasteiger charge is -2.09. The van der Waals surface area contributed by atoms with E-state index in [1.807, 2.05) is 0 Å². The SMILES string of the molecule is COc1ccc(-n2nc(OCC(F)(F)F)nc2-c2ccc(OCCCOS(C)(=O)=O)cc2)cc1. The number of nitrogens with zero attached hydrogens (tertiary/aromatic N) is 3. The Hall–Kier alpha value is -3.32.